The summed E-state index contributed by atoms with van der Waals surface area (Å²) >= 11 is 5.95. The van der Waals surface area contributed by atoms with Gasteiger partial charge in [-0.1, -0.05) is 41.9 Å². The molecule has 1 N–H and O–H groups in total. The summed E-state index contributed by atoms with van der Waals surface area (Å²) in [7, 11) is 0. The van der Waals surface area contributed by atoms with Crippen LogP contribution >= 0.6 is 11.6 Å². The smallest absolute Gasteiger partial charge is 0.275 e. The topological polar surface area (TPSA) is 80.6 Å². The van der Waals surface area contributed by atoms with Gasteiger partial charge in [0.1, 0.15) is 23.8 Å². The Bertz CT molecular complexity index is 1490. The number of piperidine rings is 1. The van der Waals surface area contributed by atoms with Crippen LogP contribution in [0.4, 0.5) is 8.78 Å². The lowest BCUT2D eigenvalue weighted by atomic mass is 9.95. The Labute approximate surface area is 222 Å². The first-order chi connectivity index (χ1) is 18.3. The molecule has 3 atom stereocenters. The molecule has 2 aromatic carbocycles. The number of fused-ring (bicyclic) bond motifs is 6. The van der Waals surface area contributed by atoms with Crippen molar-refractivity contribution in [2.24, 2.45) is 5.92 Å². The monoisotopic (exact) mass is 539 g/mol. The number of carbonyl (C=O) groups excluding carboxylic acids is 2. The van der Waals surface area contributed by atoms with Gasteiger partial charge in [-0.3, -0.25) is 14.4 Å². The molecule has 7 nitrogen and oxygen atoms in total. The maximum Gasteiger partial charge on any atom is 0.275 e. The van der Waals surface area contributed by atoms with Crippen molar-refractivity contribution in [3.8, 4) is 5.75 Å². The standard InChI is InChI=1S/C28H24ClF2N3O4/c29-21-9-17(30)10-22(31)19(21)11-32-27(36)20-12-33-13-23-16-6-7-18(8-16)34(23)28(37)24(33)26(25(20)35)38-14-15-4-2-1-3-5-15/h1-5,9-10,12,16,18,23H,6-8,11,13-14H2,(H,32,36)/t16-,18+,23+/m1/s1. The Morgan fingerprint density at radius 2 is 1.92 bits per heavy atom. The van der Waals surface area contributed by atoms with Crippen LogP contribution in [0.15, 0.2) is 53.5 Å². The summed E-state index contributed by atoms with van der Waals surface area (Å²) in [4.78, 5) is 42.3. The number of hydrogen-bond acceptors (Lipinski definition) is 4. The quantitative estimate of drug-likeness (QED) is 0.507. The van der Waals surface area contributed by atoms with E-state index in [9.17, 15) is 23.2 Å². The number of ether oxygens (including phenoxy) is 1. The molecule has 1 saturated heterocycles. The molecule has 2 amide bonds. The molecule has 2 fully saturated rings. The van der Waals surface area contributed by atoms with Crippen LogP contribution < -0.4 is 15.5 Å². The number of hydrogen-bond donors (Lipinski definition) is 1. The summed E-state index contributed by atoms with van der Waals surface area (Å²) in [6.45, 7) is 0.125. The predicted molar refractivity (Wildman–Crippen MR) is 135 cm³/mol. The molecule has 10 heteroatoms. The average Bonchev–Trinajstić information content (AvgIpc) is 3.50. The van der Waals surface area contributed by atoms with Crippen LogP contribution in [0.3, 0.4) is 0 Å². The fraction of sp³-hybridized carbons (Fsp3) is 0.321. The highest BCUT2D eigenvalue weighted by molar-refractivity contribution is 6.31. The van der Waals surface area contributed by atoms with Crippen molar-refractivity contribution in [3.63, 3.8) is 0 Å². The Balaban J connectivity index is 1.36. The summed E-state index contributed by atoms with van der Waals surface area (Å²) in [5.74, 6) is -2.59. The van der Waals surface area contributed by atoms with E-state index < -0.39 is 23.0 Å². The van der Waals surface area contributed by atoms with Crippen molar-refractivity contribution < 1.29 is 23.1 Å². The maximum absolute atomic E-state index is 14.2. The minimum atomic E-state index is -0.911. The molecule has 2 aliphatic heterocycles. The van der Waals surface area contributed by atoms with Gasteiger partial charge in [-0.2, -0.15) is 0 Å². The van der Waals surface area contributed by atoms with Gasteiger partial charge in [0.25, 0.3) is 11.8 Å². The van der Waals surface area contributed by atoms with E-state index in [1.807, 2.05) is 35.2 Å². The van der Waals surface area contributed by atoms with Crippen LogP contribution in [0, 0.1) is 17.6 Å². The number of nitrogens with one attached hydrogen (secondary N) is 1. The van der Waals surface area contributed by atoms with Gasteiger partial charge in [0.2, 0.25) is 5.43 Å². The lowest BCUT2D eigenvalue weighted by Gasteiger charge is -2.40. The molecule has 1 saturated carbocycles. The fourth-order valence-electron chi connectivity index (χ4n) is 6.00. The molecule has 0 spiro atoms. The van der Waals surface area contributed by atoms with Gasteiger partial charge in [0, 0.05) is 37.0 Å². The first kappa shape index (κ1) is 24.6. The van der Waals surface area contributed by atoms with Crippen LogP contribution in [0.1, 0.15) is 51.2 Å². The van der Waals surface area contributed by atoms with E-state index in [0.29, 0.717) is 18.5 Å². The van der Waals surface area contributed by atoms with E-state index in [1.54, 1.807) is 4.57 Å². The summed E-state index contributed by atoms with van der Waals surface area (Å²) in [6.07, 6.45) is 4.31. The summed E-state index contributed by atoms with van der Waals surface area (Å²) in [6, 6.07) is 11.0. The molecule has 3 aromatic rings. The third kappa shape index (κ3) is 4.15. The average molecular weight is 540 g/mol. The van der Waals surface area contributed by atoms with Crippen molar-refractivity contribution in [1.82, 2.24) is 14.8 Å². The maximum atomic E-state index is 14.2. The molecule has 38 heavy (non-hydrogen) atoms. The molecule has 196 valence electrons. The van der Waals surface area contributed by atoms with Gasteiger partial charge in [-0.25, -0.2) is 8.78 Å². The first-order valence-corrected chi connectivity index (χ1v) is 12.9. The number of rotatable bonds is 6. The SMILES string of the molecule is O=C(NCc1c(F)cc(F)cc1Cl)c1cn2c(c(OCc3ccccc3)c1=O)C(=O)N1[C@H]3CC[C@H](C3)[C@@H]1C2. The van der Waals surface area contributed by atoms with Gasteiger partial charge in [-0.05, 0) is 36.8 Å². The van der Waals surface area contributed by atoms with Gasteiger partial charge < -0.3 is 19.5 Å². The number of amides is 2. The van der Waals surface area contributed by atoms with Crippen LogP contribution in [-0.4, -0.2) is 33.4 Å². The van der Waals surface area contributed by atoms with E-state index in [4.69, 9.17) is 16.3 Å². The van der Waals surface area contributed by atoms with Crippen molar-refractivity contribution in [3.05, 3.63) is 97.9 Å². The number of benzene rings is 2. The molecule has 0 unspecified atom stereocenters. The van der Waals surface area contributed by atoms with E-state index in [0.717, 1.165) is 30.9 Å². The highest BCUT2D eigenvalue weighted by atomic mass is 35.5. The van der Waals surface area contributed by atoms with Gasteiger partial charge in [0.15, 0.2) is 11.4 Å². The van der Waals surface area contributed by atoms with Crippen LogP contribution in [0.25, 0.3) is 0 Å². The van der Waals surface area contributed by atoms with Crippen LogP contribution in [0.2, 0.25) is 5.02 Å². The fourth-order valence-corrected chi connectivity index (χ4v) is 6.26. The van der Waals surface area contributed by atoms with Crippen molar-refractivity contribution >= 4 is 23.4 Å². The lowest BCUT2D eigenvalue weighted by molar-refractivity contribution is 0.0479. The van der Waals surface area contributed by atoms with E-state index in [1.165, 1.54) is 6.20 Å². The summed E-state index contributed by atoms with van der Waals surface area (Å²) < 4.78 is 35.2. The molecule has 6 rings (SSSR count). The zero-order valence-corrected chi connectivity index (χ0v) is 21.0. The minimum Gasteiger partial charge on any atom is -0.483 e. The second-order valence-electron chi connectivity index (χ2n) is 10.0. The normalized spacial score (nSPS) is 21.3. The highest BCUT2D eigenvalue weighted by Gasteiger charge is 2.51. The zero-order valence-electron chi connectivity index (χ0n) is 20.3. The Morgan fingerprint density at radius 3 is 2.68 bits per heavy atom. The molecule has 0 radical (unpaired) electrons. The lowest BCUT2D eigenvalue weighted by Crippen LogP contribution is -2.52. The zero-order chi connectivity index (χ0) is 26.6. The van der Waals surface area contributed by atoms with Crippen molar-refractivity contribution in [2.45, 2.75) is 51.0 Å². The Kier molecular flexibility index (Phi) is 6.18. The van der Waals surface area contributed by atoms with Gasteiger partial charge in [-0.15, -0.1) is 0 Å². The molecule has 2 bridgehead atoms. The first-order valence-electron chi connectivity index (χ1n) is 12.5. The van der Waals surface area contributed by atoms with Crippen LogP contribution in [-0.2, 0) is 19.7 Å². The number of pyridine rings is 1. The molecule has 1 aliphatic carbocycles. The van der Waals surface area contributed by atoms with Crippen molar-refractivity contribution in [1.29, 1.82) is 0 Å². The molecule has 3 aliphatic rings. The Hall–Kier alpha value is -3.72. The second kappa shape index (κ2) is 9.54. The minimum absolute atomic E-state index is 0.00116. The van der Waals surface area contributed by atoms with E-state index in [2.05, 4.69) is 5.32 Å². The predicted octanol–water partition coefficient (Wildman–Crippen LogP) is 4.30. The van der Waals surface area contributed by atoms with Crippen LogP contribution in [0.5, 0.6) is 5.75 Å². The Morgan fingerprint density at radius 1 is 1.13 bits per heavy atom. The number of carbonyl (C=O) groups is 2. The van der Waals surface area contributed by atoms with E-state index in [-0.39, 0.29) is 58.7 Å². The van der Waals surface area contributed by atoms with Gasteiger partial charge in [0.05, 0.1) is 11.1 Å². The van der Waals surface area contributed by atoms with E-state index >= 15 is 0 Å². The highest BCUT2D eigenvalue weighted by Crippen LogP contribution is 2.46. The molecule has 3 heterocycles. The van der Waals surface area contributed by atoms with Crippen molar-refractivity contribution in [2.75, 3.05) is 0 Å². The molecular formula is C28H24ClF2N3O4. The third-order valence-electron chi connectivity index (χ3n) is 7.80. The molecular weight excluding hydrogens is 516 g/mol. The second-order valence-corrected chi connectivity index (χ2v) is 10.4. The number of nitrogens with zero attached hydrogens (tertiary/aromatic N) is 2. The number of aromatic nitrogens is 1. The summed E-state index contributed by atoms with van der Waals surface area (Å²) in [5.41, 5.74) is -0.138. The van der Waals surface area contributed by atoms with Gasteiger partial charge >= 0.3 is 0 Å². The third-order valence-corrected chi connectivity index (χ3v) is 8.14. The largest absolute Gasteiger partial charge is 0.483 e. The number of halogens is 3. The summed E-state index contributed by atoms with van der Waals surface area (Å²) in [5, 5.41) is 2.32. The molecule has 1 aromatic heterocycles.